The van der Waals surface area contributed by atoms with Crippen molar-refractivity contribution in [3.8, 4) is 0 Å². The van der Waals surface area contributed by atoms with E-state index in [1.807, 2.05) is 0 Å². The Balaban J connectivity index is 2.56. The van der Waals surface area contributed by atoms with Crippen molar-refractivity contribution in [3.05, 3.63) is 34.9 Å². The van der Waals surface area contributed by atoms with Crippen LogP contribution in [0.15, 0.2) is 18.2 Å². The second-order valence-corrected chi connectivity index (χ2v) is 4.59. The molecule has 0 aliphatic rings. The van der Waals surface area contributed by atoms with E-state index in [2.05, 4.69) is 47.5 Å². The predicted molar refractivity (Wildman–Crippen MR) is 62.8 cm³/mol. The number of halogens is 1. The first-order valence-corrected chi connectivity index (χ1v) is 7.43. The fraction of sp³-hybridized carbons (Fsp3) is 0.400. The molecule has 0 spiro atoms. The van der Waals surface area contributed by atoms with Gasteiger partial charge in [0.25, 0.3) is 0 Å². The topological polar surface area (TPSA) is 9.23 Å². The quantitative estimate of drug-likeness (QED) is 0.592. The molecule has 0 amide bonds. The molecule has 1 aromatic carbocycles. The van der Waals surface area contributed by atoms with Gasteiger partial charge in [0.1, 0.15) is 0 Å². The van der Waals surface area contributed by atoms with Crippen molar-refractivity contribution in [2.75, 3.05) is 6.61 Å². The number of aryl methyl sites for hydroxylation is 2. The molecule has 0 aliphatic carbocycles. The highest BCUT2D eigenvalue weighted by atomic mass is 79.9. The first-order chi connectivity index (χ1) is 6.22. The standard InChI is InChI=1S/C10H14BrOP/c1-8-5-9(2)7-10(6-8)3-4-12-13-11/h5-7,13H,3-4H2,1-2H3. The summed E-state index contributed by atoms with van der Waals surface area (Å²) in [6.45, 7) is 5.06. The van der Waals surface area contributed by atoms with Gasteiger partial charge in [0, 0.05) is 0 Å². The van der Waals surface area contributed by atoms with E-state index in [1.54, 1.807) is 0 Å². The molecule has 1 atom stereocenters. The van der Waals surface area contributed by atoms with Gasteiger partial charge in [-0.2, -0.15) is 0 Å². The van der Waals surface area contributed by atoms with Crippen LogP contribution in [0.25, 0.3) is 0 Å². The average Bonchev–Trinajstić information content (AvgIpc) is 2.03. The highest BCUT2D eigenvalue weighted by Gasteiger charge is 1.95. The summed E-state index contributed by atoms with van der Waals surface area (Å²) in [5.41, 5.74) is 4.02. The van der Waals surface area contributed by atoms with Gasteiger partial charge >= 0.3 is 0 Å². The van der Waals surface area contributed by atoms with Crippen molar-refractivity contribution in [3.63, 3.8) is 0 Å². The van der Waals surface area contributed by atoms with E-state index in [0.29, 0.717) is 7.51 Å². The van der Waals surface area contributed by atoms with Gasteiger partial charge in [0.2, 0.25) is 0 Å². The van der Waals surface area contributed by atoms with Gasteiger partial charge in [0.05, 0.1) is 14.1 Å². The molecule has 0 N–H and O–H groups in total. The van der Waals surface area contributed by atoms with Gasteiger partial charge in [-0.15, -0.1) is 0 Å². The third-order valence-electron chi connectivity index (χ3n) is 1.83. The van der Waals surface area contributed by atoms with E-state index in [4.69, 9.17) is 4.52 Å². The van der Waals surface area contributed by atoms with Crippen LogP contribution in [-0.2, 0) is 10.9 Å². The number of hydrogen-bond donors (Lipinski definition) is 0. The highest BCUT2D eigenvalue weighted by Crippen LogP contribution is 2.21. The Kier molecular flexibility index (Phi) is 4.93. The summed E-state index contributed by atoms with van der Waals surface area (Å²) >= 11 is 3.26. The lowest BCUT2D eigenvalue weighted by Gasteiger charge is -2.04. The van der Waals surface area contributed by atoms with E-state index >= 15 is 0 Å². The minimum atomic E-state index is 0.416. The summed E-state index contributed by atoms with van der Waals surface area (Å²) in [6.07, 6.45) is 1.00. The Morgan fingerprint density at radius 3 is 2.38 bits per heavy atom. The molecule has 72 valence electrons. The molecule has 0 bridgehead atoms. The minimum absolute atomic E-state index is 0.416. The Bertz CT molecular complexity index is 255. The molecule has 0 radical (unpaired) electrons. The molecule has 0 aromatic heterocycles. The summed E-state index contributed by atoms with van der Waals surface area (Å²) < 4.78 is 5.26. The Morgan fingerprint density at radius 1 is 1.23 bits per heavy atom. The van der Waals surface area contributed by atoms with E-state index in [0.717, 1.165) is 13.0 Å². The minimum Gasteiger partial charge on any atom is -0.351 e. The second-order valence-electron chi connectivity index (χ2n) is 3.17. The summed E-state index contributed by atoms with van der Waals surface area (Å²) in [4.78, 5) is 0. The zero-order chi connectivity index (χ0) is 9.68. The molecule has 1 rings (SSSR count). The zero-order valence-electron chi connectivity index (χ0n) is 7.93. The molecule has 3 heteroatoms. The summed E-state index contributed by atoms with van der Waals surface area (Å²) in [5.74, 6) is 0. The second kappa shape index (κ2) is 5.74. The van der Waals surface area contributed by atoms with Crippen LogP contribution in [0.5, 0.6) is 0 Å². The molecule has 0 fully saturated rings. The predicted octanol–water partition coefficient (Wildman–Crippen LogP) is 3.77. The molecule has 1 unspecified atom stereocenters. The van der Waals surface area contributed by atoms with Crippen LogP contribution in [0, 0.1) is 13.8 Å². The molecule has 0 heterocycles. The third-order valence-corrected chi connectivity index (χ3v) is 2.83. The Labute approximate surface area is 89.5 Å². The lowest BCUT2D eigenvalue weighted by molar-refractivity contribution is 0.375. The van der Waals surface area contributed by atoms with Crippen molar-refractivity contribution >= 4 is 23.0 Å². The molecule has 0 saturated heterocycles. The molecule has 1 nitrogen and oxygen atoms in total. The van der Waals surface area contributed by atoms with Crippen molar-refractivity contribution in [1.29, 1.82) is 0 Å². The Morgan fingerprint density at radius 2 is 1.85 bits per heavy atom. The van der Waals surface area contributed by atoms with Gasteiger partial charge in [-0.05, 0) is 41.3 Å². The van der Waals surface area contributed by atoms with E-state index < -0.39 is 0 Å². The molecular formula is C10H14BrOP. The van der Waals surface area contributed by atoms with E-state index in [-0.39, 0.29) is 0 Å². The largest absolute Gasteiger partial charge is 0.351 e. The van der Waals surface area contributed by atoms with Crippen LogP contribution < -0.4 is 0 Å². The molecule has 13 heavy (non-hydrogen) atoms. The van der Waals surface area contributed by atoms with Gasteiger partial charge in [-0.25, -0.2) is 0 Å². The molecule has 1 aromatic rings. The van der Waals surface area contributed by atoms with Crippen molar-refractivity contribution in [2.24, 2.45) is 0 Å². The zero-order valence-corrected chi connectivity index (χ0v) is 10.5. The smallest absolute Gasteiger partial charge is 0.0844 e. The van der Waals surface area contributed by atoms with Gasteiger partial charge in [-0.3, -0.25) is 0 Å². The van der Waals surface area contributed by atoms with Crippen LogP contribution in [0.4, 0.5) is 0 Å². The molecule has 0 aliphatic heterocycles. The number of rotatable bonds is 4. The van der Waals surface area contributed by atoms with Gasteiger partial charge < -0.3 is 4.52 Å². The lowest BCUT2D eigenvalue weighted by Crippen LogP contribution is -1.93. The van der Waals surface area contributed by atoms with Crippen LogP contribution in [0.1, 0.15) is 16.7 Å². The number of hydrogen-bond acceptors (Lipinski definition) is 1. The molecule has 0 saturated carbocycles. The summed E-state index contributed by atoms with van der Waals surface area (Å²) in [5, 5.41) is 0. The first kappa shape index (κ1) is 11.2. The Hall–Kier alpha value is 0.0900. The van der Waals surface area contributed by atoms with Crippen LogP contribution in [0.2, 0.25) is 0 Å². The van der Waals surface area contributed by atoms with E-state index in [9.17, 15) is 0 Å². The van der Waals surface area contributed by atoms with Crippen molar-refractivity contribution in [2.45, 2.75) is 20.3 Å². The van der Waals surface area contributed by atoms with Crippen LogP contribution >= 0.6 is 23.0 Å². The maximum absolute atomic E-state index is 5.26. The normalized spacial score (nSPS) is 11.3. The summed E-state index contributed by atoms with van der Waals surface area (Å²) in [6, 6.07) is 6.62. The van der Waals surface area contributed by atoms with Crippen molar-refractivity contribution in [1.82, 2.24) is 0 Å². The summed E-state index contributed by atoms with van der Waals surface area (Å²) in [7, 11) is 0.416. The van der Waals surface area contributed by atoms with Crippen LogP contribution in [0.3, 0.4) is 0 Å². The first-order valence-electron chi connectivity index (χ1n) is 4.27. The average molecular weight is 261 g/mol. The SMILES string of the molecule is Cc1cc(C)cc(CCOPBr)c1. The van der Waals surface area contributed by atoms with E-state index in [1.165, 1.54) is 16.7 Å². The fourth-order valence-electron chi connectivity index (χ4n) is 1.42. The van der Waals surface area contributed by atoms with Crippen molar-refractivity contribution < 1.29 is 4.52 Å². The van der Waals surface area contributed by atoms with Gasteiger partial charge in [-0.1, -0.05) is 29.3 Å². The number of benzene rings is 1. The fourth-order valence-corrected chi connectivity index (χ4v) is 2.09. The maximum atomic E-state index is 5.26. The molecular weight excluding hydrogens is 247 g/mol. The maximum Gasteiger partial charge on any atom is 0.0844 e. The highest BCUT2D eigenvalue weighted by molar-refractivity contribution is 9.36. The lowest BCUT2D eigenvalue weighted by atomic mass is 10.1. The van der Waals surface area contributed by atoms with Gasteiger partial charge in [0.15, 0.2) is 0 Å². The third kappa shape index (κ3) is 4.21. The van der Waals surface area contributed by atoms with Crippen LogP contribution in [-0.4, -0.2) is 6.61 Å². The monoisotopic (exact) mass is 260 g/mol.